The van der Waals surface area contributed by atoms with Gasteiger partial charge in [-0.3, -0.25) is 0 Å². The third-order valence-corrected chi connectivity index (χ3v) is 7.53. The Balaban J connectivity index is 1.13. The van der Waals surface area contributed by atoms with Gasteiger partial charge in [0.15, 0.2) is 18.0 Å². The normalized spacial score (nSPS) is 10.1. The van der Waals surface area contributed by atoms with Crippen molar-refractivity contribution in [3.63, 3.8) is 0 Å². The molecule has 0 fully saturated rings. The number of hydrogen-bond donors (Lipinski definition) is 2. The van der Waals surface area contributed by atoms with Gasteiger partial charge in [0.25, 0.3) is 0 Å². The summed E-state index contributed by atoms with van der Waals surface area (Å²) in [6.45, 7) is -0.193. The fourth-order valence-electron chi connectivity index (χ4n) is 4.22. The number of esters is 1. The van der Waals surface area contributed by atoms with Crippen molar-refractivity contribution < 1.29 is 53.3 Å². The molecular formula is C38H24O11S. The van der Waals surface area contributed by atoms with Gasteiger partial charge in [-0.05, 0) is 97.1 Å². The fraction of sp³-hybridized carbons (Fsp3) is 0.0263. The predicted molar refractivity (Wildman–Crippen MR) is 179 cm³/mol. The minimum absolute atomic E-state index is 0.0100. The third kappa shape index (κ3) is 9.59. The third-order valence-electron chi connectivity index (χ3n) is 6.51. The molecule has 0 unspecified atom stereocenters. The number of carbonyl (C=O) groups excluding carboxylic acids is 1. The van der Waals surface area contributed by atoms with Crippen LogP contribution in [0.5, 0.6) is 28.7 Å². The maximum absolute atomic E-state index is 12.7. The first-order chi connectivity index (χ1) is 24.3. The van der Waals surface area contributed by atoms with Crippen LogP contribution in [-0.4, -0.2) is 28.1 Å². The molecule has 0 saturated carbocycles. The number of ether oxygens (including phenoxy) is 4. The summed E-state index contributed by atoms with van der Waals surface area (Å²) in [5, 5.41) is 19.0. The van der Waals surface area contributed by atoms with E-state index in [2.05, 4.69) is 12.2 Å². The molecule has 5 aromatic carbocycles. The molecule has 0 bridgehead atoms. The molecule has 12 heteroatoms. The summed E-state index contributed by atoms with van der Waals surface area (Å²) in [7, 11) is 0. The van der Waals surface area contributed by atoms with E-state index >= 15 is 0 Å². The molecule has 5 rings (SSSR count). The van der Waals surface area contributed by atoms with Crippen LogP contribution >= 0.6 is 11.8 Å². The highest BCUT2D eigenvalue weighted by molar-refractivity contribution is 7.99. The highest BCUT2D eigenvalue weighted by atomic mass is 32.2. The first-order valence-electron chi connectivity index (χ1n) is 14.4. The van der Waals surface area contributed by atoms with Crippen LogP contribution in [0.4, 0.5) is 0 Å². The molecule has 50 heavy (non-hydrogen) atoms. The first kappa shape index (κ1) is 34.5. The van der Waals surface area contributed by atoms with Crippen molar-refractivity contribution in [2.24, 2.45) is 0 Å². The molecule has 0 saturated heterocycles. The summed E-state index contributed by atoms with van der Waals surface area (Å²) in [6.07, 6.45) is 11.9. The van der Waals surface area contributed by atoms with E-state index in [0.717, 1.165) is 9.79 Å². The monoisotopic (exact) mass is 688 g/mol. The van der Waals surface area contributed by atoms with E-state index < -0.39 is 17.9 Å². The zero-order valence-corrected chi connectivity index (χ0v) is 26.5. The molecule has 0 heterocycles. The molecule has 0 radical (unpaired) electrons. The van der Waals surface area contributed by atoms with Crippen molar-refractivity contribution in [2.45, 2.75) is 16.4 Å². The van der Waals surface area contributed by atoms with Gasteiger partial charge in [0.05, 0.1) is 16.7 Å². The summed E-state index contributed by atoms with van der Waals surface area (Å²) < 4.78 is 20.9. The van der Waals surface area contributed by atoms with Crippen molar-refractivity contribution in [1.82, 2.24) is 0 Å². The van der Waals surface area contributed by atoms with Crippen LogP contribution < -0.4 is 23.8 Å². The smallest absolute Gasteiger partial charge is 0.344 e. The summed E-state index contributed by atoms with van der Waals surface area (Å²) in [4.78, 5) is 48.4. The number of carbonyl (C=O) groups is 3. The Hall–Kier alpha value is -6.86. The Morgan fingerprint density at radius 3 is 1.78 bits per heavy atom. The minimum Gasteiger partial charge on any atom is -0.478 e. The summed E-state index contributed by atoms with van der Waals surface area (Å²) in [6, 6.07) is 30.6. The van der Waals surface area contributed by atoms with Gasteiger partial charge in [0, 0.05) is 15.4 Å². The highest BCUT2D eigenvalue weighted by Crippen LogP contribution is 2.31. The van der Waals surface area contributed by atoms with Crippen molar-refractivity contribution in [3.8, 4) is 53.5 Å². The van der Waals surface area contributed by atoms with Crippen LogP contribution in [0.3, 0.4) is 0 Å². The molecule has 0 aromatic heterocycles. The van der Waals surface area contributed by atoms with Gasteiger partial charge >= 0.3 is 17.9 Å². The van der Waals surface area contributed by atoms with Gasteiger partial charge in [-0.1, -0.05) is 36.4 Å². The van der Waals surface area contributed by atoms with Gasteiger partial charge in [-0.2, -0.15) is 4.89 Å². The number of carboxylic acid groups (broad SMARTS) is 2. The molecule has 11 nitrogen and oxygen atoms in total. The maximum atomic E-state index is 12.7. The van der Waals surface area contributed by atoms with Gasteiger partial charge in [-0.15, -0.1) is 0 Å². The van der Waals surface area contributed by atoms with E-state index in [0.29, 0.717) is 22.8 Å². The number of benzene rings is 5. The number of terminal acetylenes is 1. The van der Waals surface area contributed by atoms with Crippen LogP contribution in [0.25, 0.3) is 0 Å². The Morgan fingerprint density at radius 1 is 0.600 bits per heavy atom. The van der Waals surface area contributed by atoms with Gasteiger partial charge in [0.1, 0.15) is 35.7 Å². The number of carboxylic acids is 2. The maximum Gasteiger partial charge on any atom is 0.344 e. The van der Waals surface area contributed by atoms with Crippen molar-refractivity contribution in [2.75, 3.05) is 0 Å². The van der Waals surface area contributed by atoms with Gasteiger partial charge < -0.3 is 34.0 Å². The highest BCUT2D eigenvalue weighted by Gasteiger charge is 2.20. The van der Waals surface area contributed by atoms with E-state index in [4.69, 9.17) is 35.1 Å². The Bertz CT molecular complexity index is 2090. The standard InChI is InChI=1S/C38H24O11S/c1-2-44-30-13-19-34(37(41)42)35(23-30)38(43)48-27-8-14-31(15-9-27)50-32-16-10-28(11-17-32)49-47-24-25-22-29(12-18-33(25)36(39)40)46-21-20-45-26-6-4-3-5-7-26/h1,3-19,22-23H,24H2,(H,39,40)(H,41,42). The van der Waals surface area contributed by atoms with Crippen LogP contribution in [0, 0.1) is 24.7 Å². The lowest BCUT2D eigenvalue weighted by molar-refractivity contribution is -0.217. The SMILES string of the molecule is C#COc1ccc(C(=O)O)c(C(=O)Oc2ccc(Sc3ccc(OOCc4cc(OC#COc5ccccc5)ccc4C(=O)O)cc3)cc2)c1. The zero-order chi connectivity index (χ0) is 35.3. The fourth-order valence-corrected chi connectivity index (χ4v) is 5.03. The Labute approximate surface area is 289 Å². The van der Waals surface area contributed by atoms with Gasteiger partial charge in [0.2, 0.25) is 0 Å². The zero-order valence-electron chi connectivity index (χ0n) is 25.7. The van der Waals surface area contributed by atoms with Crippen molar-refractivity contribution >= 4 is 29.7 Å². The second kappa shape index (κ2) is 16.8. The molecular weight excluding hydrogens is 664 g/mol. The van der Waals surface area contributed by atoms with Crippen LogP contribution in [-0.2, 0) is 11.5 Å². The van der Waals surface area contributed by atoms with Crippen LogP contribution in [0.2, 0.25) is 0 Å². The molecule has 0 aliphatic rings. The van der Waals surface area contributed by atoms with E-state index in [1.807, 2.05) is 12.2 Å². The summed E-state index contributed by atoms with van der Waals surface area (Å²) >= 11 is 1.42. The molecule has 248 valence electrons. The predicted octanol–water partition coefficient (Wildman–Crippen LogP) is 7.31. The van der Waals surface area contributed by atoms with E-state index in [1.165, 1.54) is 48.2 Å². The number of rotatable bonds is 13. The second-order valence-corrected chi connectivity index (χ2v) is 11.0. The number of hydrogen-bond acceptors (Lipinski definition) is 10. The molecule has 0 amide bonds. The topological polar surface area (TPSA) is 147 Å². The van der Waals surface area contributed by atoms with Crippen molar-refractivity contribution in [1.29, 1.82) is 0 Å². The second-order valence-electron chi connectivity index (χ2n) is 9.86. The number of para-hydroxylation sites is 1. The lowest BCUT2D eigenvalue weighted by atomic mass is 10.1. The largest absolute Gasteiger partial charge is 0.478 e. The molecule has 0 spiro atoms. The van der Waals surface area contributed by atoms with E-state index in [1.54, 1.807) is 72.8 Å². The average molecular weight is 689 g/mol. The molecule has 0 aliphatic heterocycles. The molecule has 5 aromatic rings. The van der Waals surface area contributed by atoms with Gasteiger partial charge in [-0.25, -0.2) is 14.4 Å². The van der Waals surface area contributed by atoms with E-state index in [-0.39, 0.29) is 34.8 Å². The van der Waals surface area contributed by atoms with Crippen LogP contribution in [0.15, 0.2) is 125 Å². The lowest BCUT2D eigenvalue weighted by Gasteiger charge is -2.10. The molecule has 0 aliphatic carbocycles. The average Bonchev–Trinajstić information content (AvgIpc) is 3.12. The number of aromatic carboxylic acids is 2. The first-order valence-corrected chi connectivity index (χ1v) is 15.2. The summed E-state index contributed by atoms with van der Waals surface area (Å²) in [5.74, 6) is -1.79. The molecule has 2 N–H and O–H groups in total. The van der Waals surface area contributed by atoms with E-state index in [9.17, 15) is 24.6 Å². The van der Waals surface area contributed by atoms with Crippen molar-refractivity contribution in [3.05, 3.63) is 138 Å². The minimum atomic E-state index is -1.31. The quantitative estimate of drug-likeness (QED) is 0.0420. The summed E-state index contributed by atoms with van der Waals surface area (Å²) in [5.41, 5.74) is -0.160. The lowest BCUT2D eigenvalue weighted by Crippen LogP contribution is -2.14. The Kier molecular flexibility index (Phi) is 11.6. The van der Waals surface area contributed by atoms with Crippen LogP contribution in [0.1, 0.15) is 36.6 Å². The molecule has 0 atom stereocenters. The Morgan fingerprint density at radius 2 is 1.16 bits per heavy atom.